The average Bonchev–Trinajstić information content (AvgIpc) is 2.34. The zero-order valence-corrected chi connectivity index (χ0v) is 11.4. The van der Waals surface area contributed by atoms with Crippen molar-refractivity contribution in [3.05, 3.63) is 0 Å². The predicted octanol–water partition coefficient (Wildman–Crippen LogP) is 0.472. The molecule has 0 aliphatic heterocycles. The maximum Gasteiger partial charge on any atom is 0.326 e. The number of nitrogens with one attached hydrogen (secondary N) is 1. The Balaban J connectivity index is 2.48. The second-order valence-electron chi connectivity index (χ2n) is 5.49. The van der Waals surface area contributed by atoms with Crippen molar-refractivity contribution in [3.8, 4) is 0 Å². The topological polar surface area (TPSA) is 130 Å². The lowest BCUT2D eigenvalue weighted by Gasteiger charge is -2.33. The molecule has 20 heavy (non-hydrogen) atoms. The molecule has 0 aromatic rings. The van der Waals surface area contributed by atoms with E-state index in [0.717, 1.165) is 32.1 Å². The zero-order chi connectivity index (χ0) is 15.2. The van der Waals surface area contributed by atoms with Gasteiger partial charge in [0.25, 0.3) is 0 Å². The molecular formula is C13H22N2O5. The monoisotopic (exact) mass is 286 g/mol. The van der Waals surface area contributed by atoms with E-state index in [9.17, 15) is 14.4 Å². The van der Waals surface area contributed by atoms with Crippen LogP contribution in [0.5, 0.6) is 0 Å². The van der Waals surface area contributed by atoms with Gasteiger partial charge in [-0.2, -0.15) is 0 Å². The second kappa shape index (κ2) is 7.23. The molecule has 0 radical (unpaired) electrons. The van der Waals surface area contributed by atoms with Gasteiger partial charge in [0.2, 0.25) is 5.91 Å². The summed E-state index contributed by atoms with van der Waals surface area (Å²) >= 11 is 0. The van der Waals surface area contributed by atoms with E-state index in [1.807, 2.05) is 0 Å². The van der Waals surface area contributed by atoms with Crippen LogP contribution >= 0.6 is 0 Å². The van der Waals surface area contributed by atoms with Crippen LogP contribution in [0.15, 0.2) is 0 Å². The van der Waals surface area contributed by atoms with Crippen LogP contribution in [-0.4, -0.2) is 39.6 Å². The third kappa shape index (κ3) is 5.56. The number of carbonyl (C=O) groups is 3. The number of carboxylic acids is 2. The van der Waals surface area contributed by atoms with Crippen molar-refractivity contribution in [3.63, 3.8) is 0 Å². The Hall–Kier alpha value is -1.63. The minimum atomic E-state index is -1.23. The first-order chi connectivity index (χ1) is 9.32. The van der Waals surface area contributed by atoms with Crippen molar-refractivity contribution < 1.29 is 24.6 Å². The molecule has 1 saturated carbocycles. The molecule has 0 aromatic heterocycles. The Morgan fingerprint density at radius 3 is 2.25 bits per heavy atom. The van der Waals surface area contributed by atoms with Crippen molar-refractivity contribution in [1.29, 1.82) is 0 Å². The third-order valence-corrected chi connectivity index (χ3v) is 3.64. The first kappa shape index (κ1) is 16.4. The fourth-order valence-corrected chi connectivity index (χ4v) is 2.52. The maximum absolute atomic E-state index is 11.9. The van der Waals surface area contributed by atoms with Crippen LogP contribution in [0.3, 0.4) is 0 Å². The van der Waals surface area contributed by atoms with E-state index in [0.29, 0.717) is 0 Å². The van der Waals surface area contributed by atoms with E-state index in [2.05, 4.69) is 5.32 Å². The number of carbonyl (C=O) groups excluding carboxylic acids is 1. The lowest BCUT2D eigenvalue weighted by atomic mass is 9.80. The normalized spacial score (nSPS) is 19.1. The average molecular weight is 286 g/mol. The standard InChI is InChI=1S/C13H22N2O5/c14-13(6-2-1-3-7-13)8-10(16)15-9(12(19)20)4-5-11(17)18/h9H,1-8,14H2,(H,15,16)(H,17,18)(H,19,20). The Kier molecular flexibility index (Phi) is 5.94. The molecule has 1 unspecified atom stereocenters. The molecule has 1 aliphatic rings. The molecule has 5 N–H and O–H groups in total. The van der Waals surface area contributed by atoms with Crippen LogP contribution in [0.25, 0.3) is 0 Å². The fourth-order valence-electron chi connectivity index (χ4n) is 2.52. The molecule has 1 atom stereocenters. The Morgan fingerprint density at radius 1 is 1.15 bits per heavy atom. The number of aliphatic carboxylic acids is 2. The molecule has 1 amide bonds. The minimum absolute atomic E-state index is 0.0872. The highest BCUT2D eigenvalue weighted by atomic mass is 16.4. The molecule has 0 bridgehead atoms. The first-order valence-electron chi connectivity index (χ1n) is 6.85. The smallest absolute Gasteiger partial charge is 0.326 e. The van der Waals surface area contributed by atoms with Gasteiger partial charge in [-0.1, -0.05) is 19.3 Å². The highest BCUT2D eigenvalue weighted by Gasteiger charge is 2.31. The summed E-state index contributed by atoms with van der Waals surface area (Å²) in [6, 6.07) is -1.18. The van der Waals surface area contributed by atoms with E-state index in [4.69, 9.17) is 15.9 Å². The summed E-state index contributed by atoms with van der Waals surface area (Å²) in [4.78, 5) is 33.3. The van der Waals surface area contributed by atoms with Crippen molar-refractivity contribution in [2.75, 3.05) is 0 Å². The molecule has 0 spiro atoms. The van der Waals surface area contributed by atoms with Gasteiger partial charge in [-0.15, -0.1) is 0 Å². The van der Waals surface area contributed by atoms with E-state index in [-0.39, 0.29) is 19.3 Å². The van der Waals surface area contributed by atoms with Crippen molar-refractivity contribution >= 4 is 17.8 Å². The first-order valence-corrected chi connectivity index (χ1v) is 6.85. The van der Waals surface area contributed by atoms with E-state index in [1.165, 1.54) is 0 Å². The van der Waals surface area contributed by atoms with Crippen LogP contribution in [-0.2, 0) is 14.4 Å². The molecule has 0 saturated heterocycles. The highest BCUT2D eigenvalue weighted by Crippen LogP contribution is 2.28. The number of nitrogens with two attached hydrogens (primary N) is 1. The highest BCUT2D eigenvalue weighted by molar-refractivity contribution is 5.84. The SMILES string of the molecule is NC1(CC(=O)NC(CCC(=O)O)C(=O)O)CCCCC1. The van der Waals surface area contributed by atoms with Gasteiger partial charge in [-0.3, -0.25) is 9.59 Å². The maximum atomic E-state index is 11.9. The molecule has 7 heteroatoms. The predicted molar refractivity (Wildman–Crippen MR) is 71.1 cm³/mol. The molecule has 7 nitrogen and oxygen atoms in total. The summed E-state index contributed by atoms with van der Waals surface area (Å²) in [6.07, 6.45) is 4.23. The number of rotatable bonds is 7. The molecule has 114 valence electrons. The van der Waals surface area contributed by atoms with Gasteiger partial charge in [0.1, 0.15) is 6.04 Å². The van der Waals surface area contributed by atoms with E-state index in [1.54, 1.807) is 0 Å². The zero-order valence-electron chi connectivity index (χ0n) is 11.4. The van der Waals surface area contributed by atoms with Gasteiger partial charge in [-0.05, 0) is 19.3 Å². The van der Waals surface area contributed by atoms with Crippen molar-refractivity contribution in [2.45, 2.75) is 62.9 Å². The van der Waals surface area contributed by atoms with Gasteiger partial charge in [-0.25, -0.2) is 4.79 Å². The molecule has 1 rings (SSSR count). The van der Waals surface area contributed by atoms with Crippen LogP contribution in [0.4, 0.5) is 0 Å². The Labute approximate surface area is 117 Å². The van der Waals surface area contributed by atoms with Crippen LogP contribution in [0.1, 0.15) is 51.4 Å². The Morgan fingerprint density at radius 2 is 1.75 bits per heavy atom. The summed E-state index contributed by atoms with van der Waals surface area (Å²) in [5.74, 6) is -2.74. The number of hydrogen-bond donors (Lipinski definition) is 4. The van der Waals surface area contributed by atoms with Crippen LogP contribution in [0, 0.1) is 0 Å². The Bertz CT molecular complexity index is 377. The largest absolute Gasteiger partial charge is 0.481 e. The van der Waals surface area contributed by atoms with Crippen LogP contribution < -0.4 is 11.1 Å². The van der Waals surface area contributed by atoms with E-state index >= 15 is 0 Å². The summed E-state index contributed by atoms with van der Waals surface area (Å²) < 4.78 is 0. The summed E-state index contributed by atoms with van der Waals surface area (Å²) in [5, 5.41) is 19.9. The summed E-state index contributed by atoms with van der Waals surface area (Å²) in [6.45, 7) is 0. The van der Waals surface area contributed by atoms with Crippen molar-refractivity contribution in [2.24, 2.45) is 5.73 Å². The van der Waals surface area contributed by atoms with Gasteiger partial charge < -0.3 is 21.3 Å². The lowest BCUT2D eigenvalue weighted by molar-refractivity contribution is -0.143. The van der Waals surface area contributed by atoms with Crippen molar-refractivity contribution in [1.82, 2.24) is 5.32 Å². The third-order valence-electron chi connectivity index (χ3n) is 3.64. The number of hydrogen-bond acceptors (Lipinski definition) is 4. The quantitative estimate of drug-likeness (QED) is 0.538. The van der Waals surface area contributed by atoms with Crippen LogP contribution in [0.2, 0.25) is 0 Å². The van der Waals surface area contributed by atoms with Gasteiger partial charge in [0.15, 0.2) is 0 Å². The van der Waals surface area contributed by atoms with Gasteiger partial charge >= 0.3 is 11.9 Å². The second-order valence-corrected chi connectivity index (χ2v) is 5.49. The molecule has 0 heterocycles. The molecular weight excluding hydrogens is 264 g/mol. The molecule has 1 aliphatic carbocycles. The number of carboxylic acid groups (broad SMARTS) is 2. The summed E-state index contributed by atoms with van der Waals surface area (Å²) in [5.41, 5.74) is 5.57. The minimum Gasteiger partial charge on any atom is -0.481 e. The molecule has 0 aromatic carbocycles. The van der Waals surface area contributed by atoms with E-state index < -0.39 is 29.4 Å². The molecule has 1 fully saturated rings. The van der Waals surface area contributed by atoms with Gasteiger partial charge in [0.05, 0.1) is 0 Å². The lowest BCUT2D eigenvalue weighted by Crippen LogP contribution is -2.49. The number of amides is 1. The summed E-state index contributed by atoms with van der Waals surface area (Å²) in [7, 11) is 0. The van der Waals surface area contributed by atoms with Gasteiger partial charge in [0, 0.05) is 18.4 Å². The fraction of sp³-hybridized carbons (Fsp3) is 0.769.